The first-order chi connectivity index (χ1) is 27.5. The Morgan fingerprint density at radius 3 is 1.42 bits per heavy atom. The molecule has 23 heteroatoms. The first-order valence-electron chi connectivity index (χ1n) is 16.9. The minimum absolute atomic E-state index is 0.203. The van der Waals surface area contributed by atoms with Gasteiger partial charge in [-0.25, -0.2) is 13.6 Å². The molecule has 0 spiro atoms. The molecule has 332 valence electrons. The second kappa shape index (κ2) is 19.7. The largest absolute Gasteiger partial charge is 0.459 e. The van der Waals surface area contributed by atoms with Gasteiger partial charge in [-0.05, 0) is 73.4 Å². The third-order valence-corrected chi connectivity index (χ3v) is 11.7. The van der Waals surface area contributed by atoms with Crippen LogP contribution in [0.15, 0.2) is 112 Å². The highest BCUT2D eigenvalue weighted by atomic mass is 32.2. The molecule has 1 aliphatic carbocycles. The molecule has 0 heterocycles. The van der Waals surface area contributed by atoms with Gasteiger partial charge in [0.15, 0.2) is 14.7 Å². The van der Waals surface area contributed by atoms with Crippen LogP contribution < -0.4 is 0 Å². The number of carbonyl (C=O) groups excluding carboxylic acids is 1. The summed E-state index contributed by atoms with van der Waals surface area (Å²) in [5, 5.41) is 20.4. The van der Waals surface area contributed by atoms with Gasteiger partial charge in [0, 0.05) is 11.8 Å². The van der Waals surface area contributed by atoms with Gasteiger partial charge in [-0.2, -0.15) is 61.1 Å². The highest BCUT2D eigenvalue weighted by Crippen LogP contribution is 2.58. The number of esters is 1. The highest BCUT2D eigenvalue weighted by Gasteiger charge is 2.78. The fraction of sp³-hybridized carbons (Fsp3) is 0.405. The molecular weight excluding hydrogens is 887 g/mol. The fourth-order valence-electron chi connectivity index (χ4n) is 6.17. The van der Waals surface area contributed by atoms with E-state index in [0.29, 0.717) is 5.56 Å². The summed E-state index contributed by atoms with van der Waals surface area (Å²) in [6, 6.07) is 28.4. The van der Waals surface area contributed by atoms with Gasteiger partial charge in [0.25, 0.3) is 17.6 Å². The third-order valence-electron chi connectivity index (χ3n) is 8.96. The average molecular weight is 920 g/mol. The van der Waals surface area contributed by atoms with Gasteiger partial charge >= 0.3 is 30.7 Å². The number of carbonyl (C=O) groups is 1. The Balaban J connectivity index is 0.000000354. The van der Waals surface area contributed by atoms with Gasteiger partial charge in [0.2, 0.25) is 10.3 Å². The quantitative estimate of drug-likeness (QED) is 0.0616. The van der Waals surface area contributed by atoms with Crippen LogP contribution in [-0.4, -0.2) is 91.6 Å². The molecule has 3 aromatic rings. The molecule has 0 amide bonds. The first kappa shape index (κ1) is 50.2. The van der Waals surface area contributed by atoms with E-state index >= 15 is 0 Å². The van der Waals surface area contributed by atoms with Gasteiger partial charge in [-0.1, -0.05) is 43.0 Å². The summed E-state index contributed by atoms with van der Waals surface area (Å²) in [5.74, 6) is -8.88. The van der Waals surface area contributed by atoms with Crippen molar-refractivity contribution < 1.29 is 94.4 Å². The lowest BCUT2D eigenvalue weighted by Gasteiger charge is -2.48. The molecule has 2 unspecified atom stereocenters. The summed E-state index contributed by atoms with van der Waals surface area (Å²) in [6.45, 7) is 0.600. The molecule has 2 N–H and O–H groups in total. The van der Waals surface area contributed by atoms with Gasteiger partial charge in [0.1, 0.15) is 12.7 Å². The summed E-state index contributed by atoms with van der Waals surface area (Å²) in [7, 11) is -2.38. The van der Waals surface area contributed by atoms with Gasteiger partial charge in [-0.15, -0.1) is 0 Å². The van der Waals surface area contributed by atoms with Crippen molar-refractivity contribution in [1.29, 1.82) is 0 Å². The number of halogens is 14. The SMILES string of the molecule is C=C(COCC(F)F)C(=O)OC1CC(C(O)(C(F)(F)F)C(F)(F)F)CC(C(O)(C(F)(F)F)C(F)(F)F)C1.O=S(=O)=Cc1ccc([S+](c2ccccc2)c2ccccc2)cc1. The van der Waals surface area contributed by atoms with Crippen molar-refractivity contribution in [3.63, 3.8) is 0 Å². The summed E-state index contributed by atoms with van der Waals surface area (Å²) >= 11 is 0. The molecule has 0 aromatic heterocycles. The molecule has 60 heavy (non-hydrogen) atoms. The van der Waals surface area contributed by atoms with E-state index in [2.05, 4.69) is 40.3 Å². The molecule has 0 bridgehead atoms. The predicted octanol–water partition coefficient (Wildman–Crippen LogP) is 8.68. The van der Waals surface area contributed by atoms with Crippen molar-refractivity contribution >= 4 is 32.5 Å². The van der Waals surface area contributed by atoms with Crippen LogP contribution in [0.5, 0.6) is 0 Å². The molecule has 1 aliphatic rings. The lowest BCUT2D eigenvalue weighted by molar-refractivity contribution is -0.405. The maximum Gasteiger partial charge on any atom is 0.426 e. The van der Waals surface area contributed by atoms with Crippen molar-refractivity contribution in [2.75, 3.05) is 13.2 Å². The number of hydrogen-bond acceptors (Lipinski definition) is 7. The van der Waals surface area contributed by atoms with E-state index in [1.807, 2.05) is 60.7 Å². The molecular formula is C37H33F14O7S2+. The maximum atomic E-state index is 13.3. The van der Waals surface area contributed by atoms with E-state index in [1.165, 1.54) is 15.2 Å². The summed E-state index contributed by atoms with van der Waals surface area (Å²) in [6.07, 6.45) is -38.2. The Kier molecular flexibility index (Phi) is 16.5. The van der Waals surface area contributed by atoms with Crippen LogP contribution in [0, 0.1) is 11.8 Å². The van der Waals surface area contributed by atoms with Crippen LogP contribution in [0.25, 0.3) is 0 Å². The lowest BCUT2D eigenvalue weighted by atomic mass is 9.65. The van der Waals surface area contributed by atoms with Crippen LogP contribution in [0.3, 0.4) is 0 Å². The van der Waals surface area contributed by atoms with Crippen LogP contribution in [0.4, 0.5) is 61.5 Å². The fourth-order valence-corrected chi connectivity index (χ4v) is 8.64. The molecule has 1 saturated carbocycles. The average Bonchev–Trinajstić information content (AvgIpc) is 3.13. The number of rotatable bonds is 12. The summed E-state index contributed by atoms with van der Waals surface area (Å²) in [4.78, 5) is 15.6. The van der Waals surface area contributed by atoms with Crippen LogP contribution in [0.2, 0.25) is 0 Å². The molecule has 3 aromatic carbocycles. The van der Waals surface area contributed by atoms with Crippen molar-refractivity contribution in [3.8, 4) is 0 Å². The van der Waals surface area contributed by atoms with Crippen LogP contribution in [-0.2, 0) is 35.5 Å². The third kappa shape index (κ3) is 12.0. The molecule has 0 aliphatic heterocycles. The zero-order chi connectivity index (χ0) is 45.5. The normalized spacial score (nSPS) is 18.1. The Morgan fingerprint density at radius 1 is 0.683 bits per heavy atom. The number of ether oxygens (including phenoxy) is 2. The maximum absolute atomic E-state index is 13.3. The van der Waals surface area contributed by atoms with E-state index in [-0.39, 0.29) is 10.9 Å². The molecule has 0 saturated heterocycles. The minimum atomic E-state index is -6.69. The monoisotopic (exact) mass is 919 g/mol. The standard InChI is InChI=1S/C19H15O2S2.C18H18F14O5/c20-22(21)15-16-11-13-19(14-12-16)23(17-7-3-1-4-8-17)18-9-5-2-6-10-18;1-7(5-36-6-11(19)20)12(33)37-10-3-8(13(34,15(21,22)23)16(24,25)26)2-9(4-10)14(35,17(27,28)29)18(30,31)32/h1-15H;8-11,34-35H,1-6H2/q+1;. The van der Waals surface area contributed by atoms with Gasteiger partial charge < -0.3 is 19.7 Å². The van der Waals surface area contributed by atoms with E-state index in [1.54, 1.807) is 0 Å². The Morgan fingerprint density at radius 2 is 1.07 bits per heavy atom. The number of benzene rings is 3. The zero-order valence-corrected chi connectivity index (χ0v) is 31.9. The van der Waals surface area contributed by atoms with E-state index in [9.17, 15) is 84.9 Å². The highest BCUT2D eigenvalue weighted by molar-refractivity contribution is 7.97. The number of alkyl halides is 14. The molecule has 1 fully saturated rings. The Labute approximate surface area is 336 Å². The molecule has 2 atom stereocenters. The zero-order valence-electron chi connectivity index (χ0n) is 30.3. The van der Waals surface area contributed by atoms with Crippen LogP contribution >= 0.6 is 0 Å². The van der Waals surface area contributed by atoms with Gasteiger partial charge in [0.05, 0.1) is 28.4 Å². The van der Waals surface area contributed by atoms with Crippen LogP contribution in [0.1, 0.15) is 24.8 Å². The molecule has 0 radical (unpaired) electrons. The van der Waals surface area contributed by atoms with E-state index in [4.69, 9.17) is 0 Å². The number of aliphatic hydroxyl groups is 2. The van der Waals surface area contributed by atoms with Crippen molar-refractivity contribution in [2.24, 2.45) is 11.8 Å². The molecule has 4 rings (SSSR count). The van der Waals surface area contributed by atoms with E-state index < -0.39 is 115 Å². The van der Waals surface area contributed by atoms with E-state index in [0.717, 1.165) is 4.90 Å². The second-order valence-corrected chi connectivity index (χ2v) is 15.8. The first-order valence-corrected chi connectivity index (χ1v) is 19.2. The van der Waals surface area contributed by atoms with Crippen molar-refractivity contribution in [2.45, 2.75) is 82.4 Å². The second-order valence-electron chi connectivity index (χ2n) is 13.0. The lowest BCUT2D eigenvalue weighted by Crippen LogP contribution is -2.67. The Hall–Kier alpha value is -4.19. The smallest absolute Gasteiger partial charge is 0.426 e. The van der Waals surface area contributed by atoms with Crippen molar-refractivity contribution in [1.82, 2.24) is 0 Å². The number of hydrogen-bond donors (Lipinski definition) is 2. The van der Waals surface area contributed by atoms with Crippen molar-refractivity contribution in [3.05, 3.63) is 103 Å². The minimum Gasteiger partial charge on any atom is -0.459 e. The predicted molar refractivity (Wildman–Crippen MR) is 186 cm³/mol. The summed E-state index contributed by atoms with van der Waals surface area (Å²) in [5.41, 5.74) is -12.0. The Bertz CT molecular complexity index is 1900. The van der Waals surface area contributed by atoms with Gasteiger partial charge in [-0.3, -0.25) is 0 Å². The molecule has 7 nitrogen and oxygen atoms in total. The topological polar surface area (TPSA) is 110 Å². The summed E-state index contributed by atoms with van der Waals surface area (Å²) < 4.78 is 214.